The van der Waals surface area contributed by atoms with Gasteiger partial charge in [-0.3, -0.25) is 86.9 Å². The van der Waals surface area contributed by atoms with Crippen molar-refractivity contribution in [2.45, 2.75) is 400 Å². The summed E-state index contributed by atoms with van der Waals surface area (Å²) in [6, 6.07) is -11.6. The van der Waals surface area contributed by atoms with E-state index in [0.717, 1.165) is 10.9 Å². The van der Waals surface area contributed by atoms with Gasteiger partial charge < -0.3 is 130 Å². The molecule has 0 aliphatic rings. The fourth-order valence-corrected chi connectivity index (χ4v) is 16.9. The third-order valence-corrected chi connectivity index (χ3v) is 24.6. The smallest absolute Gasteiger partial charge is 0.243 e. The van der Waals surface area contributed by atoms with Gasteiger partial charge in [-0.05, 0) is 278 Å². The van der Waals surface area contributed by atoms with Crippen LogP contribution in [0.5, 0.6) is 0 Å². The summed E-state index contributed by atoms with van der Waals surface area (Å²) in [6.45, 7) is 30.9. The lowest BCUT2D eigenvalue weighted by Crippen LogP contribution is -2.61. The predicted octanol–water partition coefficient (Wildman–Crippen LogP) is 1.75. The summed E-state index contributed by atoms with van der Waals surface area (Å²) in [4.78, 5) is 248. The first-order valence-electron chi connectivity index (χ1n) is 53.5. The molecule has 0 saturated heterocycles. The molecule has 1 aromatic carbocycles. The number of aromatic nitrogens is 1. The van der Waals surface area contributed by atoms with E-state index in [-0.39, 0.29) is 176 Å². The second-order valence-electron chi connectivity index (χ2n) is 42.2. The summed E-state index contributed by atoms with van der Waals surface area (Å²) in [5.74, 6) is -8.15. The van der Waals surface area contributed by atoms with E-state index in [1.165, 1.54) is 0 Å². The van der Waals surface area contributed by atoms with E-state index in [4.69, 9.17) is 46.0 Å². The highest BCUT2D eigenvalue weighted by Gasteiger charge is 2.41. The molecule has 1 heterocycles. The predicted molar refractivity (Wildman–Crippen MR) is 567 cm³/mol. The van der Waals surface area contributed by atoms with E-state index in [9.17, 15) is 47.9 Å². The zero-order valence-electron chi connectivity index (χ0n) is 90.3. The summed E-state index contributed by atoms with van der Waals surface area (Å²) in [5.41, 5.74) is 45.1. The van der Waals surface area contributed by atoms with Crippen LogP contribution in [0.2, 0.25) is 0 Å². The molecule has 146 heavy (non-hydrogen) atoms. The van der Waals surface area contributed by atoms with Crippen molar-refractivity contribution in [3.63, 3.8) is 0 Å². The number of para-hydroxylation sites is 1. The van der Waals surface area contributed by atoms with Gasteiger partial charge in [-0.1, -0.05) is 135 Å². The van der Waals surface area contributed by atoms with Crippen LogP contribution in [0.3, 0.4) is 0 Å². The van der Waals surface area contributed by atoms with Crippen LogP contribution >= 0.6 is 0 Å². The third-order valence-electron chi connectivity index (χ3n) is 24.6. The average Bonchev–Trinajstić information content (AvgIpc) is 1.67. The van der Waals surface area contributed by atoms with E-state index in [0.29, 0.717) is 128 Å². The molecule has 0 fully saturated rings. The minimum absolute atomic E-state index is 0.00247. The summed E-state index contributed by atoms with van der Waals surface area (Å²) >= 11 is 0. The van der Waals surface area contributed by atoms with Gasteiger partial charge in [0.1, 0.15) is 84.6 Å². The zero-order chi connectivity index (χ0) is 110. The van der Waals surface area contributed by atoms with Gasteiger partial charge >= 0.3 is 0 Å². The standard InChI is InChI=1S/C103H188N26O17/c1-61(2)50-71(110)89(132)115-74(37-22-28-44-105)91(134)117-76(39-24-30-46-107)93(136)121-82(54-65(9)10)99(142)125-81(53-64(7)8)98(141)120-78(41-26-32-48-109)95(138)123-83(55-66(11)12)100(143)124-80(52-63(5)6)97(140)119-75(38-23-29-45-106)92(135)118-77(40-25-31-47-108)94(137)122-84(56-67(13)14)101(144)126-85(57-68(15)16)102(145)128-86(58-69-59-113-72-35-20-19-34-70(69)72)103(146)127-79(51-62(3)4)96(139)116-73(36-21-27-43-104)90(133)114-60-88(131)112-49-33-17-18-42-87(130)129-111/h19-20,34-35,59,61-68,71,73-86,113H,17-18,21-33,36-58,60,104-111H2,1-16H3,(H,112,131)(H,114,133)(H,115,132)(H,116,139)(H,117,134)(H,118,135)(H,119,140)(H,120,141)(H,121,136)(H,122,137)(H,123,138)(H,124,143)(H,125,142)(H,126,144)(H,127,146)(H,128,145)(H,129,130)/t71-,73-,74-,75-,76-,77-,78-,79-,80-,81-,82-,83-,84-,85-,86-/m0/s1. The van der Waals surface area contributed by atoms with Gasteiger partial charge in [0.05, 0.1) is 12.6 Å². The Bertz CT molecular complexity index is 4280. The Morgan fingerprint density at radius 1 is 0.260 bits per heavy atom. The summed E-state index contributed by atoms with van der Waals surface area (Å²) in [6.07, 6.45) is 9.85. The number of carbonyl (C=O) groups is 17. The van der Waals surface area contributed by atoms with Gasteiger partial charge in [0, 0.05) is 36.5 Å². The number of carbonyl (C=O) groups excluding carboxylic acids is 17. The fraction of sp³-hybridized carbons (Fsp3) is 0.757. The Hall–Kier alpha value is -10.6. The van der Waals surface area contributed by atoms with Crippen LogP contribution in [0.15, 0.2) is 30.5 Å². The maximum absolute atomic E-state index is 15.2. The van der Waals surface area contributed by atoms with Crippen LogP contribution < -0.4 is 136 Å². The number of aromatic amines is 1. The number of H-pyrrole nitrogens is 1. The molecule has 0 spiro atoms. The summed E-state index contributed by atoms with van der Waals surface area (Å²) in [5, 5.41) is 45.9. The lowest BCUT2D eigenvalue weighted by molar-refractivity contribution is -0.137. The van der Waals surface area contributed by atoms with Crippen LogP contribution in [0.25, 0.3) is 10.9 Å². The SMILES string of the molecule is CC(C)C[C@H](NC(=O)[C@H](Cc1c[nH]c2ccccc12)NC(=O)[C@H](CC(C)C)NC(=O)[C@H](CC(C)C)NC(=O)[C@H](CCCCN)NC(=O)[C@H](CCCCN)NC(=O)[C@H](CC(C)C)NC(=O)[C@H](CC(C)C)NC(=O)[C@H](CCCCN)NC(=O)[C@H](CC(C)C)NC(=O)[C@H](CC(C)C)NC(=O)[C@H](CCCCN)NC(=O)[C@H](CCCCN)NC(=O)[C@@H](N)CC(C)C)C(=O)N[C@@H](CCCCN)C(=O)NCC(=O)NCCCCCC(=O)NN. The van der Waals surface area contributed by atoms with Crippen molar-refractivity contribution in [2.75, 3.05) is 52.4 Å². The van der Waals surface area contributed by atoms with Crippen molar-refractivity contribution < 1.29 is 81.5 Å². The highest BCUT2D eigenvalue weighted by molar-refractivity contribution is 6.01. The molecule has 832 valence electrons. The number of nitrogens with one attached hydrogen (secondary N) is 18. The van der Waals surface area contributed by atoms with Gasteiger partial charge in [-0.25, -0.2) is 5.84 Å². The number of unbranched alkanes of at least 4 members (excludes halogenated alkanes) is 8. The minimum Gasteiger partial charge on any atom is -0.361 e. The molecule has 2 aromatic rings. The van der Waals surface area contributed by atoms with Crippen LogP contribution in [0.1, 0.15) is 309 Å². The molecule has 43 heteroatoms. The Kier molecular flexibility index (Phi) is 66.2. The highest BCUT2D eigenvalue weighted by atomic mass is 16.2. The van der Waals surface area contributed by atoms with Gasteiger partial charge in [-0.15, -0.1) is 0 Å². The number of benzene rings is 1. The molecular weight excluding hydrogens is 1870 g/mol. The Morgan fingerprint density at radius 2 is 0.500 bits per heavy atom. The quantitative estimate of drug-likeness (QED) is 0.0194. The molecule has 0 radical (unpaired) electrons. The molecule has 0 aliphatic carbocycles. The monoisotopic (exact) mass is 2060 g/mol. The van der Waals surface area contributed by atoms with E-state index >= 15 is 33.6 Å². The number of hydrogen-bond acceptors (Lipinski definition) is 25. The first-order valence-corrected chi connectivity index (χ1v) is 53.5. The van der Waals surface area contributed by atoms with Crippen LogP contribution in [-0.4, -0.2) is 248 Å². The first kappa shape index (κ1) is 131. The molecule has 15 atom stereocenters. The lowest BCUT2D eigenvalue weighted by Gasteiger charge is -2.30. The molecule has 0 unspecified atom stereocenters. The molecule has 0 aliphatic heterocycles. The van der Waals surface area contributed by atoms with Gasteiger partial charge in [0.2, 0.25) is 100 Å². The fourth-order valence-electron chi connectivity index (χ4n) is 16.9. The molecular formula is C103H188N26O17. The van der Waals surface area contributed by atoms with E-state index in [2.05, 4.69) is 95.5 Å². The van der Waals surface area contributed by atoms with Crippen LogP contribution in [0.4, 0.5) is 0 Å². The summed E-state index contributed by atoms with van der Waals surface area (Å²) < 4.78 is 0. The number of nitrogens with two attached hydrogens (primary N) is 8. The second kappa shape index (κ2) is 73.5. The number of hydrogen-bond donors (Lipinski definition) is 26. The summed E-state index contributed by atoms with van der Waals surface area (Å²) in [7, 11) is 0. The van der Waals surface area contributed by atoms with Crippen LogP contribution in [0, 0.1) is 47.3 Å². The minimum atomic E-state index is -1.41. The van der Waals surface area contributed by atoms with Gasteiger partial charge in [0.15, 0.2) is 0 Å². The molecule has 0 bridgehead atoms. The number of rotatable bonds is 79. The molecule has 17 amide bonds. The largest absolute Gasteiger partial charge is 0.361 e. The van der Waals surface area contributed by atoms with Crippen molar-refractivity contribution >= 4 is 111 Å². The Labute approximate surface area is 866 Å². The van der Waals surface area contributed by atoms with Gasteiger partial charge in [0.25, 0.3) is 0 Å². The normalized spacial score (nSPS) is 14.7. The van der Waals surface area contributed by atoms with E-state index < -0.39 is 192 Å². The highest BCUT2D eigenvalue weighted by Crippen LogP contribution is 2.23. The van der Waals surface area contributed by atoms with E-state index in [1.807, 2.05) is 135 Å². The molecule has 0 saturated carbocycles. The van der Waals surface area contributed by atoms with Crippen LogP contribution in [-0.2, 0) is 87.9 Å². The van der Waals surface area contributed by atoms with Crippen molar-refractivity contribution in [1.82, 2.24) is 95.5 Å². The van der Waals surface area contributed by atoms with E-state index in [1.54, 1.807) is 6.20 Å². The molecule has 34 N–H and O–H groups in total. The topological polar surface area (TPSA) is 719 Å². The van der Waals surface area contributed by atoms with Gasteiger partial charge in [-0.2, -0.15) is 0 Å². The Balaban J connectivity index is 2.63. The maximum atomic E-state index is 15.2. The zero-order valence-corrected chi connectivity index (χ0v) is 90.3. The molecule has 2 rings (SSSR count). The average molecular weight is 2060 g/mol. The second-order valence-corrected chi connectivity index (χ2v) is 42.2. The number of hydrazine groups is 1. The third kappa shape index (κ3) is 54.4. The molecule has 1 aromatic heterocycles. The molecule has 43 nitrogen and oxygen atoms in total. The Morgan fingerprint density at radius 3 is 0.767 bits per heavy atom. The lowest BCUT2D eigenvalue weighted by atomic mass is 9.98. The maximum Gasteiger partial charge on any atom is 0.243 e. The van der Waals surface area contributed by atoms with Crippen molar-refractivity contribution in [3.05, 3.63) is 36.0 Å². The number of amides is 17. The number of fused-ring (bicyclic) bond motifs is 1. The van der Waals surface area contributed by atoms with Crippen molar-refractivity contribution in [2.24, 2.45) is 93.3 Å². The van der Waals surface area contributed by atoms with Crippen molar-refractivity contribution in [3.8, 4) is 0 Å². The first-order chi connectivity index (χ1) is 69.1. The van der Waals surface area contributed by atoms with Crippen molar-refractivity contribution in [1.29, 1.82) is 0 Å².